The number of methoxy groups -OCH3 is 1. The zero-order valence-electron chi connectivity index (χ0n) is 8.04. The Balaban J connectivity index is 2.87. The number of rotatable bonds is 9. The summed E-state index contributed by atoms with van der Waals surface area (Å²) in [5.41, 5.74) is 4.92. The Morgan fingerprint density at radius 2 is 2.15 bits per heavy atom. The van der Waals surface area contributed by atoms with Crippen LogP contribution in [0.2, 0.25) is 0 Å². The lowest BCUT2D eigenvalue weighted by atomic mass is 10.4. The van der Waals surface area contributed by atoms with Gasteiger partial charge < -0.3 is 20.5 Å². The molecule has 0 aliphatic heterocycles. The second-order valence-electron chi connectivity index (χ2n) is 2.60. The maximum atomic E-state index is 10.3. The third kappa shape index (κ3) is 11.3. The third-order valence-corrected chi connectivity index (χ3v) is 1.37. The Bertz CT molecular complexity index is 131. The van der Waals surface area contributed by atoms with Crippen LogP contribution in [-0.2, 0) is 14.3 Å². The molecule has 0 saturated heterocycles. The normalized spacial score (nSPS) is 10.2. The van der Waals surface area contributed by atoms with E-state index in [0.717, 1.165) is 13.0 Å². The summed E-state index contributed by atoms with van der Waals surface area (Å²) < 4.78 is 10.00. The van der Waals surface area contributed by atoms with E-state index in [1.165, 1.54) is 0 Å². The van der Waals surface area contributed by atoms with E-state index < -0.39 is 0 Å². The van der Waals surface area contributed by atoms with E-state index in [-0.39, 0.29) is 12.5 Å². The molecule has 1 amide bonds. The highest BCUT2D eigenvalue weighted by Crippen LogP contribution is 1.81. The van der Waals surface area contributed by atoms with E-state index in [4.69, 9.17) is 15.2 Å². The van der Waals surface area contributed by atoms with Gasteiger partial charge in [-0.15, -0.1) is 0 Å². The van der Waals surface area contributed by atoms with Crippen LogP contribution in [0.5, 0.6) is 0 Å². The number of carbonyl (C=O) groups is 1. The molecular formula is C8H18N2O3. The number of carbonyl (C=O) groups excluding carboxylic acids is 1. The Labute approximate surface area is 78.6 Å². The van der Waals surface area contributed by atoms with Gasteiger partial charge in [0.25, 0.3) is 0 Å². The van der Waals surface area contributed by atoms with Crippen molar-refractivity contribution in [2.75, 3.05) is 40.0 Å². The number of primary amides is 1. The highest BCUT2D eigenvalue weighted by atomic mass is 16.5. The van der Waals surface area contributed by atoms with Crippen molar-refractivity contribution < 1.29 is 14.3 Å². The van der Waals surface area contributed by atoms with Gasteiger partial charge >= 0.3 is 0 Å². The molecule has 0 aromatic heterocycles. The maximum Gasteiger partial charge on any atom is 0.231 e. The van der Waals surface area contributed by atoms with Gasteiger partial charge in [-0.1, -0.05) is 0 Å². The Kier molecular flexibility index (Phi) is 8.97. The van der Waals surface area contributed by atoms with E-state index >= 15 is 0 Å². The molecule has 3 N–H and O–H groups in total. The summed E-state index contributed by atoms with van der Waals surface area (Å²) in [4.78, 5) is 10.3. The molecule has 0 fully saturated rings. The molecular weight excluding hydrogens is 172 g/mol. The smallest absolute Gasteiger partial charge is 0.231 e. The quantitative estimate of drug-likeness (QED) is 0.463. The molecule has 0 spiro atoms. The van der Waals surface area contributed by atoms with E-state index in [2.05, 4.69) is 5.32 Å². The summed E-state index contributed by atoms with van der Waals surface area (Å²) in [5, 5.41) is 2.89. The predicted octanol–water partition coefficient (Wildman–Crippen LogP) is -0.886. The molecule has 0 aromatic carbocycles. The van der Waals surface area contributed by atoms with Crippen molar-refractivity contribution >= 4 is 5.91 Å². The fourth-order valence-corrected chi connectivity index (χ4v) is 0.755. The number of nitrogens with one attached hydrogen (secondary N) is 1. The van der Waals surface area contributed by atoms with Crippen LogP contribution in [0.3, 0.4) is 0 Å². The number of nitrogens with two attached hydrogens (primary N) is 1. The number of ether oxygens (including phenoxy) is 2. The molecule has 0 saturated carbocycles. The standard InChI is InChI=1S/C8H18N2O3/c1-12-5-6-13-4-2-3-10-7-8(9)11/h10H,2-7H2,1H3,(H2,9,11). The minimum atomic E-state index is -0.333. The van der Waals surface area contributed by atoms with Crippen LogP contribution < -0.4 is 11.1 Å². The predicted molar refractivity (Wildman–Crippen MR) is 49.4 cm³/mol. The molecule has 78 valence electrons. The van der Waals surface area contributed by atoms with Crippen molar-refractivity contribution in [1.82, 2.24) is 5.32 Å². The topological polar surface area (TPSA) is 73.6 Å². The minimum absolute atomic E-state index is 0.234. The highest BCUT2D eigenvalue weighted by molar-refractivity contribution is 5.75. The van der Waals surface area contributed by atoms with Crippen LogP contribution >= 0.6 is 0 Å². The molecule has 5 heteroatoms. The van der Waals surface area contributed by atoms with Gasteiger partial charge in [-0.05, 0) is 13.0 Å². The summed E-state index contributed by atoms with van der Waals surface area (Å²) >= 11 is 0. The van der Waals surface area contributed by atoms with Gasteiger partial charge in [-0.25, -0.2) is 0 Å². The van der Waals surface area contributed by atoms with Crippen molar-refractivity contribution in [1.29, 1.82) is 0 Å². The summed E-state index contributed by atoms with van der Waals surface area (Å²) in [7, 11) is 1.64. The molecule has 0 rings (SSSR count). The van der Waals surface area contributed by atoms with Crippen LogP contribution in [0.15, 0.2) is 0 Å². The van der Waals surface area contributed by atoms with Gasteiger partial charge in [0.2, 0.25) is 5.91 Å². The Morgan fingerprint density at radius 3 is 2.77 bits per heavy atom. The fraction of sp³-hybridized carbons (Fsp3) is 0.875. The molecule has 0 aromatic rings. The van der Waals surface area contributed by atoms with E-state index in [9.17, 15) is 4.79 Å². The lowest BCUT2D eigenvalue weighted by Gasteiger charge is -2.03. The minimum Gasteiger partial charge on any atom is -0.382 e. The first-order valence-electron chi connectivity index (χ1n) is 4.33. The molecule has 0 atom stereocenters. The molecule has 0 radical (unpaired) electrons. The zero-order chi connectivity index (χ0) is 9.94. The van der Waals surface area contributed by atoms with Crippen LogP contribution in [0.4, 0.5) is 0 Å². The van der Waals surface area contributed by atoms with Crippen molar-refractivity contribution in [2.24, 2.45) is 5.73 Å². The molecule has 0 unspecified atom stereocenters. The maximum absolute atomic E-state index is 10.3. The molecule has 0 aliphatic rings. The van der Waals surface area contributed by atoms with Gasteiger partial charge in [0.15, 0.2) is 0 Å². The monoisotopic (exact) mass is 190 g/mol. The Hall–Kier alpha value is -0.650. The van der Waals surface area contributed by atoms with Gasteiger partial charge in [-0.2, -0.15) is 0 Å². The van der Waals surface area contributed by atoms with E-state index in [1.807, 2.05) is 0 Å². The summed E-state index contributed by atoms with van der Waals surface area (Å²) in [6.45, 7) is 2.89. The number of hydrogen-bond donors (Lipinski definition) is 2. The van der Waals surface area contributed by atoms with Crippen LogP contribution in [0, 0.1) is 0 Å². The molecule has 13 heavy (non-hydrogen) atoms. The van der Waals surface area contributed by atoms with Crippen LogP contribution in [0.25, 0.3) is 0 Å². The first kappa shape index (κ1) is 12.3. The molecule has 0 bridgehead atoms. The average molecular weight is 190 g/mol. The Morgan fingerprint density at radius 1 is 1.38 bits per heavy atom. The largest absolute Gasteiger partial charge is 0.382 e. The SMILES string of the molecule is COCCOCCCNCC(N)=O. The zero-order valence-corrected chi connectivity index (χ0v) is 8.04. The van der Waals surface area contributed by atoms with Gasteiger partial charge in [0.1, 0.15) is 0 Å². The van der Waals surface area contributed by atoms with Crippen molar-refractivity contribution in [3.05, 3.63) is 0 Å². The van der Waals surface area contributed by atoms with Gasteiger partial charge in [-0.3, -0.25) is 4.79 Å². The summed E-state index contributed by atoms with van der Waals surface area (Å²) in [6, 6.07) is 0. The fourth-order valence-electron chi connectivity index (χ4n) is 0.755. The lowest BCUT2D eigenvalue weighted by molar-refractivity contribution is -0.117. The molecule has 5 nitrogen and oxygen atoms in total. The summed E-state index contributed by atoms with van der Waals surface area (Å²) in [6.07, 6.45) is 0.872. The number of hydrogen-bond acceptors (Lipinski definition) is 4. The summed E-state index contributed by atoms with van der Waals surface area (Å²) in [5.74, 6) is -0.333. The van der Waals surface area contributed by atoms with Crippen molar-refractivity contribution in [3.63, 3.8) is 0 Å². The van der Waals surface area contributed by atoms with E-state index in [0.29, 0.717) is 19.8 Å². The first-order chi connectivity index (χ1) is 6.27. The molecule has 0 aliphatic carbocycles. The van der Waals surface area contributed by atoms with Crippen molar-refractivity contribution in [2.45, 2.75) is 6.42 Å². The average Bonchev–Trinajstić information content (AvgIpc) is 2.09. The van der Waals surface area contributed by atoms with Crippen molar-refractivity contribution in [3.8, 4) is 0 Å². The first-order valence-corrected chi connectivity index (χ1v) is 4.33. The highest BCUT2D eigenvalue weighted by Gasteiger charge is 1.92. The van der Waals surface area contributed by atoms with Crippen LogP contribution in [-0.4, -0.2) is 45.9 Å². The second kappa shape index (κ2) is 9.44. The van der Waals surface area contributed by atoms with E-state index in [1.54, 1.807) is 7.11 Å². The second-order valence-corrected chi connectivity index (χ2v) is 2.60. The van der Waals surface area contributed by atoms with Gasteiger partial charge in [0.05, 0.1) is 19.8 Å². The third-order valence-electron chi connectivity index (χ3n) is 1.37. The van der Waals surface area contributed by atoms with Gasteiger partial charge in [0, 0.05) is 13.7 Å². The molecule has 0 heterocycles. The van der Waals surface area contributed by atoms with Crippen LogP contribution in [0.1, 0.15) is 6.42 Å². The number of amides is 1. The lowest BCUT2D eigenvalue weighted by Crippen LogP contribution is -2.29.